The smallest absolute Gasteiger partial charge is 0.416 e. The maximum Gasteiger partial charge on any atom is 0.416 e. The van der Waals surface area contributed by atoms with Gasteiger partial charge in [0.2, 0.25) is 0 Å². The van der Waals surface area contributed by atoms with E-state index in [4.69, 9.17) is 4.74 Å². The highest BCUT2D eigenvalue weighted by Crippen LogP contribution is 2.32. The number of nitrogens with one attached hydrogen (secondary N) is 1. The molecule has 0 atom stereocenters. The van der Waals surface area contributed by atoms with E-state index in [1.807, 2.05) is 6.92 Å². The molecule has 0 heterocycles. The molecule has 0 unspecified atom stereocenters. The minimum absolute atomic E-state index is 0.512. The fourth-order valence-corrected chi connectivity index (χ4v) is 1.56. The Morgan fingerprint density at radius 3 is 2.56 bits per heavy atom. The third kappa shape index (κ3) is 4.22. The second-order valence-corrected chi connectivity index (χ2v) is 4.02. The molecule has 1 rings (SSSR count). The third-order valence-electron chi connectivity index (χ3n) is 2.49. The van der Waals surface area contributed by atoms with Crippen molar-refractivity contribution in [2.45, 2.75) is 25.9 Å². The Morgan fingerprint density at radius 1 is 1.28 bits per heavy atom. The van der Waals surface area contributed by atoms with Crippen molar-refractivity contribution in [1.29, 1.82) is 0 Å². The molecule has 0 bridgehead atoms. The van der Waals surface area contributed by atoms with Gasteiger partial charge in [-0.3, -0.25) is 0 Å². The van der Waals surface area contributed by atoms with Gasteiger partial charge in [0.1, 0.15) is 5.75 Å². The molecule has 0 amide bonds. The van der Waals surface area contributed by atoms with E-state index in [0.717, 1.165) is 12.5 Å². The van der Waals surface area contributed by atoms with E-state index in [1.165, 1.54) is 12.1 Å². The summed E-state index contributed by atoms with van der Waals surface area (Å²) in [4.78, 5) is 0. The van der Waals surface area contributed by atoms with Crippen LogP contribution < -0.4 is 10.1 Å². The molecular weight excluding hydrogens is 243 g/mol. The molecule has 0 saturated heterocycles. The molecule has 5 heteroatoms. The van der Waals surface area contributed by atoms with Crippen molar-refractivity contribution in [2.24, 2.45) is 0 Å². The average Bonchev–Trinajstić information content (AvgIpc) is 2.33. The van der Waals surface area contributed by atoms with E-state index in [1.54, 1.807) is 7.05 Å². The quantitative estimate of drug-likeness (QED) is 0.848. The van der Waals surface area contributed by atoms with Gasteiger partial charge in [-0.05, 0) is 50.2 Å². The van der Waals surface area contributed by atoms with E-state index in [0.29, 0.717) is 30.9 Å². The first kappa shape index (κ1) is 14.8. The van der Waals surface area contributed by atoms with Gasteiger partial charge in [0.05, 0.1) is 12.2 Å². The number of ether oxygens (including phenoxy) is 1. The summed E-state index contributed by atoms with van der Waals surface area (Å²) in [7, 11) is 1.76. The highest BCUT2D eigenvalue weighted by molar-refractivity contribution is 5.38. The summed E-state index contributed by atoms with van der Waals surface area (Å²) < 4.78 is 43.3. The van der Waals surface area contributed by atoms with E-state index < -0.39 is 11.7 Å². The molecule has 0 saturated carbocycles. The minimum Gasteiger partial charge on any atom is -0.493 e. The van der Waals surface area contributed by atoms with Crippen LogP contribution in [0.3, 0.4) is 0 Å². The lowest BCUT2D eigenvalue weighted by molar-refractivity contribution is -0.137. The van der Waals surface area contributed by atoms with Crippen LogP contribution in [0, 0.1) is 0 Å². The van der Waals surface area contributed by atoms with Gasteiger partial charge in [-0.1, -0.05) is 6.92 Å². The first-order chi connectivity index (χ1) is 8.49. The molecule has 0 aliphatic heterocycles. The van der Waals surface area contributed by atoms with Gasteiger partial charge in [0, 0.05) is 0 Å². The van der Waals surface area contributed by atoms with Crippen LogP contribution in [0.5, 0.6) is 5.75 Å². The molecule has 2 nitrogen and oxygen atoms in total. The Morgan fingerprint density at radius 2 is 2.00 bits per heavy atom. The summed E-state index contributed by atoms with van der Waals surface area (Å²) >= 11 is 0. The molecular formula is C13H18F3NO. The number of benzene rings is 1. The van der Waals surface area contributed by atoms with Gasteiger partial charge in [0.15, 0.2) is 0 Å². The molecule has 0 aromatic heterocycles. The monoisotopic (exact) mass is 261 g/mol. The first-order valence-electron chi connectivity index (χ1n) is 5.96. The minimum atomic E-state index is -4.31. The Balaban J connectivity index is 2.96. The molecule has 1 N–H and O–H groups in total. The van der Waals surface area contributed by atoms with Gasteiger partial charge in [-0.2, -0.15) is 13.2 Å². The Bertz CT molecular complexity index is 377. The zero-order valence-corrected chi connectivity index (χ0v) is 10.6. The number of halogens is 3. The topological polar surface area (TPSA) is 21.3 Å². The maximum absolute atomic E-state index is 12.6. The highest BCUT2D eigenvalue weighted by atomic mass is 19.4. The summed E-state index contributed by atoms with van der Waals surface area (Å²) in [6.45, 7) is 3.08. The van der Waals surface area contributed by atoms with E-state index in [2.05, 4.69) is 5.32 Å². The fourth-order valence-electron chi connectivity index (χ4n) is 1.56. The van der Waals surface area contributed by atoms with E-state index in [-0.39, 0.29) is 0 Å². The lowest BCUT2D eigenvalue weighted by Crippen LogP contribution is -2.13. The van der Waals surface area contributed by atoms with Crippen molar-refractivity contribution in [1.82, 2.24) is 5.32 Å². The van der Waals surface area contributed by atoms with Gasteiger partial charge in [0.25, 0.3) is 0 Å². The molecule has 102 valence electrons. The SMILES string of the molecule is CCCOc1ccc(C(F)(F)F)cc1CCNC. The first-order valence-corrected chi connectivity index (χ1v) is 5.96. The predicted molar refractivity (Wildman–Crippen MR) is 64.9 cm³/mol. The van der Waals surface area contributed by atoms with E-state index >= 15 is 0 Å². The normalized spacial score (nSPS) is 11.6. The number of likely N-dealkylation sites (N-methyl/N-ethyl adjacent to an activating group) is 1. The third-order valence-corrected chi connectivity index (χ3v) is 2.49. The van der Waals surface area contributed by atoms with Crippen molar-refractivity contribution >= 4 is 0 Å². The van der Waals surface area contributed by atoms with Crippen LogP contribution in [0.25, 0.3) is 0 Å². The number of alkyl halides is 3. The number of hydrogen-bond acceptors (Lipinski definition) is 2. The molecule has 0 aliphatic rings. The Kier molecular flexibility index (Phi) is 5.47. The van der Waals surface area contributed by atoms with Crippen LogP contribution in [-0.2, 0) is 12.6 Å². The summed E-state index contributed by atoms with van der Waals surface area (Å²) in [5.41, 5.74) is -0.0370. The molecule has 0 aliphatic carbocycles. The lowest BCUT2D eigenvalue weighted by Gasteiger charge is -2.14. The average molecular weight is 261 g/mol. The van der Waals surface area contributed by atoms with Crippen molar-refractivity contribution in [2.75, 3.05) is 20.2 Å². The largest absolute Gasteiger partial charge is 0.493 e. The van der Waals surface area contributed by atoms with Crippen molar-refractivity contribution in [3.05, 3.63) is 29.3 Å². The maximum atomic E-state index is 12.6. The molecule has 0 spiro atoms. The lowest BCUT2D eigenvalue weighted by atomic mass is 10.1. The van der Waals surface area contributed by atoms with Crippen LogP contribution in [0.4, 0.5) is 13.2 Å². The molecule has 1 aromatic rings. The highest BCUT2D eigenvalue weighted by Gasteiger charge is 2.31. The summed E-state index contributed by atoms with van der Waals surface area (Å²) in [6, 6.07) is 3.64. The van der Waals surface area contributed by atoms with Crippen molar-refractivity contribution < 1.29 is 17.9 Å². The second-order valence-electron chi connectivity index (χ2n) is 4.02. The van der Waals surface area contributed by atoms with Crippen LogP contribution in [0.1, 0.15) is 24.5 Å². The molecule has 18 heavy (non-hydrogen) atoms. The summed E-state index contributed by atoms with van der Waals surface area (Å²) in [5.74, 6) is 0.542. The van der Waals surface area contributed by atoms with Gasteiger partial charge in [-0.15, -0.1) is 0 Å². The van der Waals surface area contributed by atoms with Crippen molar-refractivity contribution in [3.63, 3.8) is 0 Å². The summed E-state index contributed by atoms with van der Waals surface area (Å²) in [5, 5.41) is 2.92. The molecule has 0 radical (unpaired) electrons. The fraction of sp³-hybridized carbons (Fsp3) is 0.538. The molecule has 0 fully saturated rings. The predicted octanol–water partition coefficient (Wildman–Crippen LogP) is 3.26. The summed E-state index contributed by atoms with van der Waals surface area (Å²) in [6.07, 6.45) is -2.97. The Labute approximate surface area is 105 Å². The van der Waals surface area contributed by atoms with Crippen LogP contribution in [0.2, 0.25) is 0 Å². The van der Waals surface area contributed by atoms with Crippen molar-refractivity contribution in [3.8, 4) is 5.75 Å². The van der Waals surface area contributed by atoms with Crippen LogP contribution >= 0.6 is 0 Å². The Hall–Kier alpha value is -1.23. The second kappa shape index (κ2) is 6.64. The number of rotatable bonds is 6. The zero-order valence-electron chi connectivity index (χ0n) is 10.6. The van der Waals surface area contributed by atoms with Crippen LogP contribution in [0.15, 0.2) is 18.2 Å². The van der Waals surface area contributed by atoms with Gasteiger partial charge in [-0.25, -0.2) is 0 Å². The van der Waals surface area contributed by atoms with E-state index in [9.17, 15) is 13.2 Å². The zero-order chi connectivity index (χ0) is 13.6. The van der Waals surface area contributed by atoms with Gasteiger partial charge < -0.3 is 10.1 Å². The molecule has 1 aromatic carbocycles. The standard InChI is InChI=1S/C13H18F3NO/c1-3-8-18-12-5-4-11(13(14,15)16)9-10(12)6-7-17-2/h4-5,9,17H,3,6-8H2,1-2H3. The van der Waals surface area contributed by atoms with Crippen LogP contribution in [-0.4, -0.2) is 20.2 Å². The number of hydrogen-bond donors (Lipinski definition) is 1. The van der Waals surface area contributed by atoms with Gasteiger partial charge >= 0.3 is 6.18 Å².